The maximum absolute atomic E-state index is 5.08. The molecule has 0 saturated carbocycles. The number of pyridine rings is 8. The molecular weight excluding hydrogens is 592 g/mol. The van der Waals surface area contributed by atoms with Gasteiger partial charge in [-0.05, 0) is 97.1 Å². The van der Waals surface area contributed by atoms with E-state index in [0.717, 1.165) is 79.5 Å². The summed E-state index contributed by atoms with van der Waals surface area (Å²) in [5, 5.41) is 0. The van der Waals surface area contributed by atoms with Gasteiger partial charge >= 0.3 is 0 Å². The molecule has 226 valence electrons. The van der Waals surface area contributed by atoms with Crippen molar-refractivity contribution in [3.8, 4) is 79.5 Å². The lowest BCUT2D eigenvalue weighted by Gasteiger charge is -2.11. The minimum absolute atomic E-state index is 0.742. The smallest absolute Gasteiger partial charge is 0.0901 e. The van der Waals surface area contributed by atoms with Crippen molar-refractivity contribution in [2.75, 3.05) is 0 Å². The van der Waals surface area contributed by atoms with Gasteiger partial charge in [-0.1, -0.05) is 36.4 Å². The van der Waals surface area contributed by atoms with Gasteiger partial charge in [0.2, 0.25) is 0 Å². The Labute approximate surface area is 277 Å². The molecule has 8 heteroatoms. The summed E-state index contributed by atoms with van der Waals surface area (Å²) in [4.78, 5) is 38.2. The topological polar surface area (TPSA) is 103 Å². The zero-order chi connectivity index (χ0) is 32.1. The van der Waals surface area contributed by atoms with Gasteiger partial charge in [-0.3, -0.25) is 19.9 Å². The lowest BCUT2D eigenvalue weighted by atomic mass is 10.0. The zero-order valence-electron chi connectivity index (χ0n) is 25.6. The highest BCUT2D eigenvalue weighted by molar-refractivity contribution is 5.76. The average Bonchev–Trinajstić information content (AvgIpc) is 3.19. The molecule has 8 heterocycles. The first-order chi connectivity index (χ1) is 23.8. The Kier molecular flexibility index (Phi) is 7.70. The molecule has 0 aromatic carbocycles. The Morgan fingerprint density at radius 2 is 0.500 bits per heavy atom. The van der Waals surface area contributed by atoms with Crippen molar-refractivity contribution in [1.82, 2.24) is 39.9 Å². The van der Waals surface area contributed by atoms with Crippen LogP contribution in [0.25, 0.3) is 79.5 Å². The molecule has 8 nitrogen and oxygen atoms in total. The van der Waals surface area contributed by atoms with E-state index in [2.05, 4.69) is 19.9 Å². The predicted octanol–water partition coefficient (Wildman–Crippen LogP) is 8.52. The highest BCUT2D eigenvalue weighted by atomic mass is 14.8. The summed E-state index contributed by atoms with van der Waals surface area (Å²) < 4.78 is 0. The van der Waals surface area contributed by atoms with Crippen molar-refractivity contribution in [2.24, 2.45) is 0 Å². The van der Waals surface area contributed by atoms with Crippen molar-refractivity contribution in [3.05, 3.63) is 158 Å². The van der Waals surface area contributed by atoms with Gasteiger partial charge in [-0.2, -0.15) is 0 Å². The van der Waals surface area contributed by atoms with E-state index in [4.69, 9.17) is 19.9 Å². The van der Waals surface area contributed by atoms with E-state index in [1.807, 2.05) is 133 Å². The summed E-state index contributed by atoms with van der Waals surface area (Å²) in [6.07, 6.45) is 7.07. The van der Waals surface area contributed by atoms with Crippen molar-refractivity contribution in [3.63, 3.8) is 0 Å². The second kappa shape index (κ2) is 12.9. The molecule has 0 unspecified atom stereocenters. The van der Waals surface area contributed by atoms with Crippen LogP contribution in [0.15, 0.2) is 158 Å². The van der Waals surface area contributed by atoms with E-state index >= 15 is 0 Å². The van der Waals surface area contributed by atoms with Crippen molar-refractivity contribution in [1.29, 1.82) is 0 Å². The maximum Gasteiger partial charge on any atom is 0.0901 e. The summed E-state index contributed by atoms with van der Waals surface area (Å²) in [6, 6.07) is 43.2. The third-order valence-corrected chi connectivity index (χ3v) is 7.71. The van der Waals surface area contributed by atoms with Gasteiger partial charge in [0.05, 0.1) is 68.3 Å². The van der Waals surface area contributed by atoms with Gasteiger partial charge in [-0.15, -0.1) is 0 Å². The number of rotatable bonds is 7. The first-order valence-corrected chi connectivity index (χ1v) is 15.4. The molecule has 8 aromatic rings. The van der Waals surface area contributed by atoms with E-state index in [1.54, 1.807) is 24.8 Å². The van der Waals surface area contributed by atoms with Crippen LogP contribution in [0.1, 0.15) is 0 Å². The fraction of sp³-hybridized carbons (Fsp3) is 0. The predicted molar refractivity (Wildman–Crippen MR) is 187 cm³/mol. The van der Waals surface area contributed by atoms with Crippen LogP contribution in [0.5, 0.6) is 0 Å². The van der Waals surface area contributed by atoms with Crippen molar-refractivity contribution in [2.45, 2.75) is 0 Å². The second-order valence-corrected chi connectivity index (χ2v) is 10.9. The van der Waals surface area contributed by atoms with Gasteiger partial charge in [0.25, 0.3) is 0 Å². The quantitative estimate of drug-likeness (QED) is 0.175. The standard InChI is InChI=1S/C40H26N8/c1-5-19-41-31(11-1)37-23-27(24-38(47-37)32-12-2-6-20-42-32)29-15-9-17-35(45-29)36-18-10-16-30(46-36)28-25-39(33-13-3-7-21-43-33)48-40(26-28)34-14-4-8-22-44-34/h1-26H. The van der Waals surface area contributed by atoms with E-state index in [1.165, 1.54) is 0 Å². The molecule has 0 aliphatic rings. The van der Waals surface area contributed by atoms with Crippen LogP contribution in [0, 0.1) is 0 Å². The molecule has 0 saturated heterocycles. The maximum atomic E-state index is 5.08. The molecule has 48 heavy (non-hydrogen) atoms. The van der Waals surface area contributed by atoms with Gasteiger partial charge in [0.15, 0.2) is 0 Å². The van der Waals surface area contributed by atoms with Crippen LogP contribution in [-0.2, 0) is 0 Å². The van der Waals surface area contributed by atoms with Crippen molar-refractivity contribution < 1.29 is 0 Å². The third kappa shape index (κ3) is 6.05. The second-order valence-electron chi connectivity index (χ2n) is 10.9. The molecule has 8 rings (SSSR count). The molecule has 0 spiro atoms. The first-order valence-electron chi connectivity index (χ1n) is 15.4. The molecule has 0 N–H and O–H groups in total. The summed E-state index contributed by atoms with van der Waals surface area (Å²) in [7, 11) is 0. The van der Waals surface area contributed by atoms with Crippen LogP contribution in [0.4, 0.5) is 0 Å². The molecule has 0 aliphatic carbocycles. The van der Waals surface area contributed by atoms with Crippen LogP contribution in [-0.4, -0.2) is 39.9 Å². The summed E-state index contributed by atoms with van der Waals surface area (Å²) in [5.74, 6) is 0. The van der Waals surface area contributed by atoms with Crippen LogP contribution in [0.3, 0.4) is 0 Å². The van der Waals surface area contributed by atoms with Gasteiger partial charge < -0.3 is 0 Å². The minimum Gasteiger partial charge on any atom is -0.255 e. The Morgan fingerprint density at radius 3 is 0.792 bits per heavy atom. The number of nitrogens with zero attached hydrogens (tertiary/aromatic N) is 8. The van der Waals surface area contributed by atoms with E-state index in [-0.39, 0.29) is 0 Å². The normalized spacial score (nSPS) is 10.9. The molecule has 0 bridgehead atoms. The fourth-order valence-electron chi connectivity index (χ4n) is 5.42. The Morgan fingerprint density at radius 1 is 0.229 bits per heavy atom. The Bertz CT molecular complexity index is 2050. The molecule has 0 atom stereocenters. The monoisotopic (exact) mass is 618 g/mol. The third-order valence-electron chi connectivity index (χ3n) is 7.71. The molecule has 8 aromatic heterocycles. The summed E-state index contributed by atoms with van der Waals surface area (Å²) in [6.45, 7) is 0. The lowest BCUT2D eigenvalue weighted by molar-refractivity contribution is 1.20. The molecule has 0 amide bonds. The first kappa shape index (κ1) is 28.7. The van der Waals surface area contributed by atoms with Crippen molar-refractivity contribution >= 4 is 0 Å². The SMILES string of the molecule is c1ccc(-c2cc(-c3cccc(-c4cccc(-c5cc(-c6ccccn6)nc(-c6ccccn6)c5)n4)n3)cc(-c3ccccn3)n2)nc1. The van der Waals surface area contributed by atoms with Gasteiger partial charge in [0, 0.05) is 35.9 Å². The van der Waals surface area contributed by atoms with E-state index in [0.29, 0.717) is 0 Å². The Hall–Kier alpha value is -6.80. The van der Waals surface area contributed by atoms with E-state index < -0.39 is 0 Å². The van der Waals surface area contributed by atoms with Crippen LogP contribution in [0.2, 0.25) is 0 Å². The van der Waals surface area contributed by atoms with E-state index in [9.17, 15) is 0 Å². The average molecular weight is 619 g/mol. The highest BCUT2D eigenvalue weighted by Crippen LogP contribution is 2.31. The van der Waals surface area contributed by atoms with Crippen LogP contribution < -0.4 is 0 Å². The minimum atomic E-state index is 0.742. The number of hydrogen-bond donors (Lipinski definition) is 0. The van der Waals surface area contributed by atoms with Crippen LogP contribution >= 0.6 is 0 Å². The lowest BCUT2D eigenvalue weighted by Crippen LogP contribution is -1.97. The fourth-order valence-corrected chi connectivity index (χ4v) is 5.42. The summed E-state index contributed by atoms with van der Waals surface area (Å²) >= 11 is 0. The molecule has 0 aliphatic heterocycles. The van der Waals surface area contributed by atoms with Gasteiger partial charge in [0.1, 0.15) is 0 Å². The van der Waals surface area contributed by atoms with Gasteiger partial charge in [-0.25, -0.2) is 19.9 Å². The summed E-state index contributed by atoms with van der Waals surface area (Å²) in [5.41, 5.74) is 10.9. The number of hydrogen-bond acceptors (Lipinski definition) is 8. The highest BCUT2D eigenvalue weighted by Gasteiger charge is 2.14. The molecular formula is C40H26N8. The molecule has 0 fully saturated rings. The zero-order valence-corrected chi connectivity index (χ0v) is 25.6. The molecule has 0 radical (unpaired) electrons. The Balaban J connectivity index is 1.21. The number of aromatic nitrogens is 8. The largest absolute Gasteiger partial charge is 0.255 e.